The van der Waals surface area contributed by atoms with E-state index in [1.54, 1.807) is 19.1 Å². The van der Waals surface area contributed by atoms with Crippen LogP contribution >= 0.6 is 0 Å². The van der Waals surface area contributed by atoms with Gasteiger partial charge in [0.15, 0.2) is 5.60 Å². The zero-order valence-electron chi connectivity index (χ0n) is 32.8. The molecule has 0 bridgehead atoms. The molecule has 0 saturated heterocycles. The van der Waals surface area contributed by atoms with Crippen molar-refractivity contribution in [3.8, 4) is 30.4 Å². The van der Waals surface area contributed by atoms with Gasteiger partial charge in [0.1, 0.15) is 5.75 Å². The molecule has 0 amide bonds. The summed E-state index contributed by atoms with van der Waals surface area (Å²) in [5, 5.41) is 0. The molecule has 8 heteroatoms. The number of ether oxygens (including phenoxy) is 4. The largest absolute Gasteiger partial charge is 0.465 e. The first-order valence-corrected chi connectivity index (χ1v) is 20.6. The second kappa shape index (κ2) is 21.7. The van der Waals surface area contributed by atoms with E-state index in [4.69, 9.17) is 31.8 Å². The van der Waals surface area contributed by atoms with Crippen molar-refractivity contribution in [2.24, 2.45) is 29.6 Å². The molecule has 54 heavy (non-hydrogen) atoms. The number of carbonyl (C=O) groups is 4. The second-order valence-corrected chi connectivity index (χ2v) is 16.0. The fourth-order valence-corrected chi connectivity index (χ4v) is 8.47. The van der Waals surface area contributed by atoms with Gasteiger partial charge in [-0.3, -0.25) is 9.59 Å². The number of hydrogen-bond donors (Lipinski definition) is 0. The lowest BCUT2D eigenvalue weighted by atomic mass is 9.67. The number of rotatable bonds is 18. The third-order valence-electron chi connectivity index (χ3n) is 12.0. The third kappa shape index (κ3) is 12.8. The molecule has 0 aromatic heterocycles. The number of unbranched alkanes of at least 4 members (excludes halogenated alkanes) is 5. The van der Waals surface area contributed by atoms with Gasteiger partial charge in [-0.25, -0.2) is 9.59 Å². The van der Waals surface area contributed by atoms with E-state index in [0.717, 1.165) is 50.4 Å². The maximum absolute atomic E-state index is 13.4. The Morgan fingerprint density at radius 1 is 0.778 bits per heavy atom. The Labute approximate surface area is 323 Å². The van der Waals surface area contributed by atoms with Gasteiger partial charge in [-0.1, -0.05) is 63.9 Å². The number of esters is 4. The van der Waals surface area contributed by atoms with E-state index >= 15 is 0 Å². The molecule has 4 rings (SSSR count). The Morgan fingerprint density at radius 3 is 1.98 bits per heavy atom. The molecule has 0 heterocycles. The first-order chi connectivity index (χ1) is 26.1. The van der Waals surface area contributed by atoms with E-state index in [9.17, 15) is 19.2 Å². The van der Waals surface area contributed by atoms with Crippen LogP contribution in [-0.4, -0.2) is 42.7 Å². The lowest BCUT2D eigenvalue weighted by Crippen LogP contribution is -2.39. The molecule has 3 aliphatic rings. The number of terminal acetylenes is 2. The number of hydrogen-bond acceptors (Lipinski definition) is 8. The zero-order chi connectivity index (χ0) is 38.9. The van der Waals surface area contributed by atoms with Crippen molar-refractivity contribution < 1.29 is 38.1 Å². The molecule has 0 radical (unpaired) electrons. The highest BCUT2D eigenvalue weighted by Crippen LogP contribution is 2.44. The van der Waals surface area contributed by atoms with Gasteiger partial charge < -0.3 is 18.9 Å². The van der Waals surface area contributed by atoms with Gasteiger partial charge in [-0.2, -0.15) is 0 Å². The second-order valence-electron chi connectivity index (χ2n) is 16.0. The van der Waals surface area contributed by atoms with Crippen molar-refractivity contribution in [1.29, 1.82) is 0 Å². The molecule has 3 aliphatic carbocycles. The number of carbonyl (C=O) groups excluding carboxylic acids is 4. The normalized spacial score (nSPS) is 25.3. The lowest BCUT2D eigenvalue weighted by Gasteiger charge is -2.41. The third-order valence-corrected chi connectivity index (χ3v) is 12.0. The van der Waals surface area contributed by atoms with Gasteiger partial charge >= 0.3 is 23.9 Å². The van der Waals surface area contributed by atoms with E-state index in [1.807, 2.05) is 0 Å². The molecule has 1 aromatic carbocycles. The van der Waals surface area contributed by atoms with Gasteiger partial charge in [0, 0.05) is 5.57 Å². The average molecular weight is 743 g/mol. The standard InChI is InChI=1S/C46H62O8/c1-6-9-12-15-34-16-18-36(19-17-34)37-26-28-46(8-3,29-27-37)54-45(50)40-24-25-41(35(7-2)32-40)53-44(49)39-22-20-38(21-23-39)43(48)52-31-14-11-10-13-30-51-42(47)33(4)5/h2-3,24-25,32,34,36-39H,4,6,9-23,26-31H2,1,5H3. The van der Waals surface area contributed by atoms with Crippen LogP contribution < -0.4 is 4.74 Å². The molecule has 3 fully saturated rings. The van der Waals surface area contributed by atoms with Crippen molar-refractivity contribution in [2.45, 2.75) is 148 Å². The zero-order valence-corrected chi connectivity index (χ0v) is 32.8. The quantitative estimate of drug-likeness (QED) is 0.0366. The molecule has 0 spiro atoms. The van der Waals surface area contributed by atoms with E-state index in [0.29, 0.717) is 63.2 Å². The topological polar surface area (TPSA) is 105 Å². The lowest BCUT2D eigenvalue weighted by molar-refractivity contribution is -0.152. The number of benzene rings is 1. The van der Waals surface area contributed by atoms with Crippen LogP contribution in [0.2, 0.25) is 0 Å². The minimum atomic E-state index is -0.929. The minimum Gasteiger partial charge on any atom is -0.465 e. The van der Waals surface area contributed by atoms with Crippen LogP contribution in [0.3, 0.4) is 0 Å². The van der Waals surface area contributed by atoms with Crippen molar-refractivity contribution in [3.05, 3.63) is 41.5 Å². The summed E-state index contributed by atoms with van der Waals surface area (Å²) >= 11 is 0. The van der Waals surface area contributed by atoms with Crippen LogP contribution in [0.1, 0.15) is 158 Å². The Kier molecular flexibility index (Phi) is 17.2. The van der Waals surface area contributed by atoms with Crippen LogP contribution in [0, 0.1) is 54.3 Å². The van der Waals surface area contributed by atoms with Gasteiger partial charge in [0.25, 0.3) is 0 Å². The summed E-state index contributed by atoms with van der Waals surface area (Å²) in [6, 6.07) is 4.62. The molecule has 1 aromatic rings. The van der Waals surface area contributed by atoms with Gasteiger partial charge in [-0.05, 0) is 133 Å². The predicted octanol–water partition coefficient (Wildman–Crippen LogP) is 9.71. The summed E-state index contributed by atoms with van der Waals surface area (Å²) in [5.74, 6) is 5.68. The highest BCUT2D eigenvalue weighted by molar-refractivity contribution is 5.91. The SMILES string of the molecule is C#Cc1cc(C(=O)OC2(C#C)CCC(C3CCC(CCCCC)CC3)CC2)ccc1OC(=O)C1CCC(C(=O)OCCCCCCOC(=O)C(=C)C)CC1. The Morgan fingerprint density at radius 2 is 1.39 bits per heavy atom. The molecule has 0 N–H and O–H groups in total. The van der Waals surface area contributed by atoms with E-state index in [1.165, 1.54) is 57.4 Å². The summed E-state index contributed by atoms with van der Waals surface area (Å²) < 4.78 is 22.3. The van der Waals surface area contributed by atoms with Crippen molar-refractivity contribution >= 4 is 23.9 Å². The summed E-state index contributed by atoms with van der Waals surface area (Å²) in [6.45, 7) is 8.14. The average Bonchev–Trinajstić information content (AvgIpc) is 3.19. The molecule has 0 atom stereocenters. The highest BCUT2D eigenvalue weighted by atomic mass is 16.6. The monoisotopic (exact) mass is 742 g/mol. The molecular weight excluding hydrogens is 680 g/mol. The van der Waals surface area contributed by atoms with Crippen LogP contribution in [0.25, 0.3) is 0 Å². The smallest absolute Gasteiger partial charge is 0.339 e. The molecule has 8 nitrogen and oxygen atoms in total. The summed E-state index contributed by atoms with van der Waals surface area (Å²) in [6.07, 6.45) is 31.0. The molecule has 3 saturated carbocycles. The molecule has 0 aliphatic heterocycles. The van der Waals surface area contributed by atoms with Gasteiger partial charge in [-0.15, -0.1) is 12.8 Å². The van der Waals surface area contributed by atoms with Crippen molar-refractivity contribution in [2.75, 3.05) is 13.2 Å². The fraction of sp³-hybridized carbons (Fsp3) is 0.652. The Bertz CT molecular complexity index is 1500. The predicted molar refractivity (Wildman–Crippen MR) is 209 cm³/mol. The molecule has 0 unspecified atom stereocenters. The van der Waals surface area contributed by atoms with E-state index in [2.05, 4.69) is 25.3 Å². The van der Waals surface area contributed by atoms with Crippen LogP contribution in [-0.2, 0) is 28.6 Å². The maximum atomic E-state index is 13.4. The maximum Gasteiger partial charge on any atom is 0.339 e. The highest BCUT2D eigenvalue weighted by Gasteiger charge is 2.40. The Balaban J connectivity index is 1.16. The first kappa shape index (κ1) is 42.7. The summed E-state index contributed by atoms with van der Waals surface area (Å²) in [5.41, 5.74) is 0.00912. The van der Waals surface area contributed by atoms with Crippen LogP contribution in [0.4, 0.5) is 0 Å². The van der Waals surface area contributed by atoms with Gasteiger partial charge in [0.05, 0.1) is 36.2 Å². The van der Waals surface area contributed by atoms with Crippen molar-refractivity contribution in [1.82, 2.24) is 0 Å². The van der Waals surface area contributed by atoms with Crippen molar-refractivity contribution in [3.63, 3.8) is 0 Å². The minimum absolute atomic E-state index is 0.210. The fourth-order valence-electron chi connectivity index (χ4n) is 8.47. The Hall–Kier alpha value is -4.04. The van der Waals surface area contributed by atoms with Gasteiger partial charge in [0.2, 0.25) is 0 Å². The van der Waals surface area contributed by atoms with E-state index in [-0.39, 0.29) is 40.7 Å². The van der Waals surface area contributed by atoms with Crippen LogP contribution in [0.5, 0.6) is 5.75 Å². The summed E-state index contributed by atoms with van der Waals surface area (Å²) in [4.78, 5) is 50.5. The molecule has 294 valence electrons. The first-order valence-electron chi connectivity index (χ1n) is 20.6. The van der Waals surface area contributed by atoms with Crippen LogP contribution in [0.15, 0.2) is 30.4 Å². The van der Waals surface area contributed by atoms with E-state index < -0.39 is 17.5 Å². The molecular formula is C46H62O8. The summed E-state index contributed by atoms with van der Waals surface area (Å²) in [7, 11) is 0.